The van der Waals surface area contributed by atoms with Crippen molar-refractivity contribution in [3.63, 3.8) is 0 Å². The van der Waals surface area contributed by atoms with Crippen molar-refractivity contribution in [1.29, 1.82) is 0 Å². The van der Waals surface area contributed by atoms with Crippen LogP contribution in [0.15, 0.2) is 18.5 Å². The van der Waals surface area contributed by atoms with Gasteiger partial charge in [0.05, 0.1) is 17.4 Å². The van der Waals surface area contributed by atoms with Crippen LogP contribution in [0.2, 0.25) is 10.3 Å². The maximum absolute atomic E-state index is 11.8. The average Bonchev–Trinajstić information content (AvgIpc) is 2.76. The Balaban J connectivity index is 2.28. The van der Waals surface area contributed by atoms with E-state index in [0.29, 0.717) is 11.3 Å². The highest BCUT2D eigenvalue weighted by molar-refractivity contribution is 6.35. The Hall–Kier alpha value is -1.59. The second-order valence-corrected chi connectivity index (χ2v) is 4.11. The fourth-order valence-corrected chi connectivity index (χ4v) is 1.89. The highest BCUT2D eigenvalue weighted by Gasteiger charge is 2.13. The highest BCUT2D eigenvalue weighted by atomic mass is 35.5. The first-order valence-corrected chi connectivity index (χ1v) is 5.46. The lowest BCUT2D eigenvalue weighted by atomic mass is 10.2. The Morgan fingerprint density at radius 1 is 1.47 bits per heavy atom. The van der Waals surface area contributed by atoms with E-state index in [4.69, 9.17) is 23.2 Å². The lowest BCUT2D eigenvalue weighted by Crippen LogP contribution is -2.12. The van der Waals surface area contributed by atoms with Gasteiger partial charge in [-0.2, -0.15) is 5.10 Å². The van der Waals surface area contributed by atoms with Crippen LogP contribution in [-0.2, 0) is 0 Å². The van der Waals surface area contributed by atoms with Crippen molar-refractivity contribution in [2.45, 2.75) is 6.92 Å². The second-order valence-electron chi connectivity index (χ2n) is 3.37. The standard InChI is InChI=1S/C10H8Cl2N4O/c1-5-2-7(11)15-9(12)8(5)16-10(17)6-3-13-14-4-6/h2-4H,1H3,(H,13,14)(H,16,17). The third-order valence-corrected chi connectivity index (χ3v) is 2.61. The molecule has 0 aliphatic rings. The monoisotopic (exact) mass is 270 g/mol. The molecule has 0 saturated carbocycles. The van der Waals surface area contributed by atoms with Gasteiger partial charge < -0.3 is 5.32 Å². The quantitative estimate of drug-likeness (QED) is 0.825. The Morgan fingerprint density at radius 3 is 2.82 bits per heavy atom. The number of aromatic amines is 1. The van der Waals surface area contributed by atoms with Crippen molar-refractivity contribution < 1.29 is 4.79 Å². The average molecular weight is 271 g/mol. The Kier molecular flexibility index (Phi) is 3.31. The molecule has 2 rings (SSSR count). The summed E-state index contributed by atoms with van der Waals surface area (Å²) in [7, 11) is 0. The van der Waals surface area contributed by atoms with Gasteiger partial charge in [0.25, 0.3) is 5.91 Å². The summed E-state index contributed by atoms with van der Waals surface area (Å²) in [5.74, 6) is -0.312. The lowest BCUT2D eigenvalue weighted by Gasteiger charge is -2.09. The zero-order valence-corrected chi connectivity index (χ0v) is 10.3. The summed E-state index contributed by atoms with van der Waals surface area (Å²) in [4.78, 5) is 15.6. The Morgan fingerprint density at radius 2 is 2.24 bits per heavy atom. The number of nitrogens with one attached hydrogen (secondary N) is 2. The summed E-state index contributed by atoms with van der Waals surface area (Å²) >= 11 is 11.6. The molecule has 0 saturated heterocycles. The number of nitrogens with zero attached hydrogens (tertiary/aromatic N) is 2. The van der Waals surface area contributed by atoms with E-state index in [0.717, 1.165) is 5.56 Å². The number of carbonyl (C=O) groups is 1. The Labute approximate surface area is 107 Å². The van der Waals surface area contributed by atoms with E-state index in [1.54, 1.807) is 13.0 Å². The van der Waals surface area contributed by atoms with E-state index >= 15 is 0 Å². The van der Waals surface area contributed by atoms with E-state index in [-0.39, 0.29) is 16.2 Å². The summed E-state index contributed by atoms with van der Waals surface area (Å²) in [6.45, 7) is 1.78. The van der Waals surface area contributed by atoms with Crippen LogP contribution in [0.1, 0.15) is 15.9 Å². The molecule has 2 aromatic heterocycles. The first-order valence-electron chi connectivity index (χ1n) is 4.70. The fraction of sp³-hybridized carbons (Fsp3) is 0.100. The minimum atomic E-state index is -0.312. The summed E-state index contributed by atoms with van der Waals surface area (Å²) in [5.41, 5.74) is 1.60. The van der Waals surface area contributed by atoms with Crippen LogP contribution in [0.5, 0.6) is 0 Å². The van der Waals surface area contributed by atoms with Gasteiger partial charge in [-0.15, -0.1) is 0 Å². The molecule has 2 aromatic rings. The zero-order chi connectivity index (χ0) is 12.4. The number of pyridine rings is 1. The number of halogens is 2. The van der Waals surface area contributed by atoms with E-state index in [1.807, 2.05) is 0 Å². The summed E-state index contributed by atoms with van der Waals surface area (Å²) in [6.07, 6.45) is 2.91. The van der Waals surface area contributed by atoms with Crippen molar-refractivity contribution in [3.8, 4) is 0 Å². The number of hydrogen-bond acceptors (Lipinski definition) is 3. The summed E-state index contributed by atoms with van der Waals surface area (Å²) in [6, 6.07) is 1.62. The molecule has 2 heterocycles. The van der Waals surface area contributed by atoms with Gasteiger partial charge in [-0.3, -0.25) is 9.89 Å². The largest absolute Gasteiger partial charge is 0.319 e. The molecule has 0 atom stereocenters. The van der Waals surface area contributed by atoms with Crippen LogP contribution >= 0.6 is 23.2 Å². The maximum atomic E-state index is 11.8. The van der Waals surface area contributed by atoms with Gasteiger partial charge in [0.1, 0.15) is 5.15 Å². The van der Waals surface area contributed by atoms with Crippen molar-refractivity contribution in [2.75, 3.05) is 5.32 Å². The molecule has 88 valence electrons. The molecule has 1 amide bonds. The van der Waals surface area contributed by atoms with Crippen LogP contribution in [0.3, 0.4) is 0 Å². The van der Waals surface area contributed by atoms with Crippen molar-refractivity contribution >= 4 is 34.8 Å². The fourth-order valence-electron chi connectivity index (χ4n) is 1.31. The molecule has 0 aliphatic carbocycles. The van der Waals surface area contributed by atoms with E-state index in [1.165, 1.54) is 12.4 Å². The molecule has 0 bridgehead atoms. The molecular formula is C10H8Cl2N4O. The minimum absolute atomic E-state index is 0.159. The number of aromatic nitrogens is 3. The van der Waals surface area contributed by atoms with Crippen LogP contribution in [0.4, 0.5) is 5.69 Å². The smallest absolute Gasteiger partial charge is 0.258 e. The van der Waals surface area contributed by atoms with Crippen LogP contribution in [0, 0.1) is 6.92 Å². The maximum Gasteiger partial charge on any atom is 0.258 e. The van der Waals surface area contributed by atoms with Crippen LogP contribution in [-0.4, -0.2) is 21.1 Å². The third kappa shape index (κ3) is 2.57. The highest BCUT2D eigenvalue weighted by Crippen LogP contribution is 2.26. The Bertz CT molecular complexity index is 530. The number of aryl methyl sites for hydroxylation is 1. The minimum Gasteiger partial charge on any atom is -0.319 e. The van der Waals surface area contributed by atoms with E-state index in [9.17, 15) is 4.79 Å². The SMILES string of the molecule is Cc1cc(Cl)nc(Cl)c1NC(=O)c1cn[nH]c1. The number of anilines is 1. The molecule has 2 N–H and O–H groups in total. The normalized spacial score (nSPS) is 10.3. The van der Waals surface area contributed by atoms with Crippen LogP contribution < -0.4 is 5.32 Å². The van der Waals surface area contributed by atoms with E-state index < -0.39 is 0 Å². The summed E-state index contributed by atoms with van der Waals surface area (Å²) < 4.78 is 0. The summed E-state index contributed by atoms with van der Waals surface area (Å²) in [5, 5.41) is 9.34. The van der Waals surface area contributed by atoms with Gasteiger partial charge in [-0.1, -0.05) is 23.2 Å². The zero-order valence-electron chi connectivity index (χ0n) is 8.79. The van der Waals surface area contributed by atoms with Gasteiger partial charge >= 0.3 is 0 Å². The molecule has 0 fully saturated rings. The number of amides is 1. The van der Waals surface area contributed by atoms with Crippen LogP contribution in [0.25, 0.3) is 0 Å². The van der Waals surface area contributed by atoms with Crippen molar-refractivity contribution in [2.24, 2.45) is 0 Å². The molecule has 0 spiro atoms. The molecule has 0 unspecified atom stereocenters. The molecule has 0 aliphatic heterocycles. The topological polar surface area (TPSA) is 70.7 Å². The molecule has 0 radical (unpaired) electrons. The molecule has 5 nitrogen and oxygen atoms in total. The number of carbonyl (C=O) groups excluding carboxylic acids is 1. The molecule has 0 aromatic carbocycles. The van der Waals surface area contributed by atoms with E-state index in [2.05, 4.69) is 20.5 Å². The predicted molar refractivity (Wildman–Crippen MR) is 65.5 cm³/mol. The molecule has 7 heteroatoms. The number of rotatable bonds is 2. The molecular weight excluding hydrogens is 263 g/mol. The number of hydrogen-bond donors (Lipinski definition) is 2. The number of H-pyrrole nitrogens is 1. The van der Waals surface area contributed by atoms with Crippen molar-refractivity contribution in [1.82, 2.24) is 15.2 Å². The first-order chi connectivity index (χ1) is 8.08. The second kappa shape index (κ2) is 4.73. The molecule has 17 heavy (non-hydrogen) atoms. The van der Waals surface area contributed by atoms with Gasteiger partial charge in [0.2, 0.25) is 0 Å². The van der Waals surface area contributed by atoms with Gasteiger partial charge in [-0.05, 0) is 18.6 Å². The van der Waals surface area contributed by atoms with Gasteiger partial charge in [-0.25, -0.2) is 4.98 Å². The third-order valence-electron chi connectivity index (χ3n) is 2.14. The van der Waals surface area contributed by atoms with Gasteiger partial charge in [0, 0.05) is 6.20 Å². The van der Waals surface area contributed by atoms with Gasteiger partial charge in [0.15, 0.2) is 5.15 Å². The lowest BCUT2D eigenvalue weighted by molar-refractivity contribution is 0.102. The first kappa shape index (κ1) is 11.9. The predicted octanol–water partition coefficient (Wildman–Crippen LogP) is 2.67. The van der Waals surface area contributed by atoms with Crippen molar-refractivity contribution in [3.05, 3.63) is 39.9 Å².